The molecule has 1 heterocycles. The number of hydrogen-bond donors (Lipinski definition) is 0. The second-order valence-electron chi connectivity index (χ2n) is 3.70. The van der Waals surface area contributed by atoms with Crippen LogP contribution in [0.25, 0.3) is 0 Å². The second kappa shape index (κ2) is 5.19. The molecule has 0 aliphatic carbocycles. The number of nitriles is 1. The van der Waals surface area contributed by atoms with Crippen molar-refractivity contribution in [2.75, 3.05) is 6.61 Å². The van der Waals surface area contributed by atoms with Gasteiger partial charge in [-0.2, -0.15) is 10.4 Å². The molecule has 6 heteroatoms. The quantitative estimate of drug-likeness (QED) is 0.786. The van der Waals surface area contributed by atoms with Crippen molar-refractivity contribution in [3.05, 3.63) is 46.6 Å². The highest BCUT2D eigenvalue weighted by Gasteiger charge is 2.04. The molecule has 1 aromatic carbocycles. The fourth-order valence-electron chi connectivity index (χ4n) is 1.50. The Morgan fingerprint density at radius 2 is 2.22 bits per heavy atom. The normalized spacial score (nSPS) is 10.0. The zero-order valence-electron chi connectivity index (χ0n) is 9.91. The predicted molar refractivity (Wildman–Crippen MR) is 64.1 cm³/mol. The molecule has 0 saturated carbocycles. The summed E-state index contributed by atoms with van der Waals surface area (Å²) >= 11 is 0. The summed E-state index contributed by atoms with van der Waals surface area (Å²) in [4.78, 5) is 11.5. The zero-order valence-corrected chi connectivity index (χ0v) is 9.91. The van der Waals surface area contributed by atoms with Crippen LogP contribution in [-0.4, -0.2) is 21.0 Å². The first-order valence-corrected chi connectivity index (χ1v) is 5.42. The van der Waals surface area contributed by atoms with Gasteiger partial charge in [-0.3, -0.25) is 4.57 Å². The Balaban J connectivity index is 1.99. The Bertz CT molecular complexity index is 636. The van der Waals surface area contributed by atoms with Crippen molar-refractivity contribution in [2.45, 2.75) is 6.54 Å². The molecule has 6 nitrogen and oxygen atoms in total. The number of ether oxygens (including phenoxy) is 1. The van der Waals surface area contributed by atoms with E-state index in [9.17, 15) is 4.79 Å². The van der Waals surface area contributed by atoms with Crippen molar-refractivity contribution in [1.82, 2.24) is 14.3 Å². The van der Waals surface area contributed by atoms with E-state index in [0.29, 0.717) is 17.9 Å². The van der Waals surface area contributed by atoms with E-state index in [-0.39, 0.29) is 12.3 Å². The van der Waals surface area contributed by atoms with Gasteiger partial charge >= 0.3 is 5.69 Å². The van der Waals surface area contributed by atoms with Gasteiger partial charge in [0.25, 0.3) is 0 Å². The van der Waals surface area contributed by atoms with Gasteiger partial charge < -0.3 is 4.74 Å². The molecule has 92 valence electrons. The molecule has 0 aliphatic rings. The summed E-state index contributed by atoms with van der Waals surface area (Å²) in [5, 5.41) is 12.8. The number of benzene rings is 1. The van der Waals surface area contributed by atoms with Crippen LogP contribution in [0.15, 0.2) is 35.4 Å². The fourth-order valence-corrected chi connectivity index (χ4v) is 1.50. The van der Waals surface area contributed by atoms with E-state index >= 15 is 0 Å². The van der Waals surface area contributed by atoms with Crippen molar-refractivity contribution in [2.24, 2.45) is 7.05 Å². The zero-order chi connectivity index (χ0) is 13.0. The Kier molecular flexibility index (Phi) is 3.44. The van der Waals surface area contributed by atoms with Crippen LogP contribution >= 0.6 is 0 Å². The number of rotatable bonds is 4. The maximum absolute atomic E-state index is 11.5. The van der Waals surface area contributed by atoms with Gasteiger partial charge in [-0.15, -0.1) is 0 Å². The molecule has 0 N–H and O–H groups in total. The van der Waals surface area contributed by atoms with Crippen LogP contribution in [0.3, 0.4) is 0 Å². The molecular weight excluding hydrogens is 232 g/mol. The number of para-hydroxylation sites is 1. The summed E-state index contributed by atoms with van der Waals surface area (Å²) in [6.07, 6.45) is 1.45. The summed E-state index contributed by atoms with van der Waals surface area (Å²) in [6, 6.07) is 9.02. The summed E-state index contributed by atoms with van der Waals surface area (Å²) in [6.45, 7) is 0.634. The van der Waals surface area contributed by atoms with Crippen LogP contribution in [-0.2, 0) is 13.6 Å². The molecule has 18 heavy (non-hydrogen) atoms. The molecule has 0 spiro atoms. The molecule has 0 fully saturated rings. The van der Waals surface area contributed by atoms with Crippen molar-refractivity contribution >= 4 is 0 Å². The highest BCUT2D eigenvalue weighted by molar-refractivity contribution is 5.42. The largest absolute Gasteiger partial charge is 0.490 e. The molecular formula is C12H12N4O2. The lowest BCUT2D eigenvalue weighted by atomic mass is 10.2. The van der Waals surface area contributed by atoms with Crippen LogP contribution < -0.4 is 10.4 Å². The molecule has 0 unspecified atom stereocenters. The highest BCUT2D eigenvalue weighted by Crippen LogP contribution is 2.16. The van der Waals surface area contributed by atoms with Crippen LogP contribution in [0.4, 0.5) is 0 Å². The molecule has 0 radical (unpaired) electrons. The van der Waals surface area contributed by atoms with Gasteiger partial charge in [0.15, 0.2) is 0 Å². The molecule has 0 atom stereocenters. The van der Waals surface area contributed by atoms with Gasteiger partial charge in [-0.1, -0.05) is 12.1 Å². The van der Waals surface area contributed by atoms with Gasteiger partial charge in [-0.25, -0.2) is 9.48 Å². The summed E-state index contributed by atoms with van der Waals surface area (Å²) in [5.41, 5.74) is 0.290. The van der Waals surface area contributed by atoms with E-state index in [2.05, 4.69) is 5.10 Å². The Morgan fingerprint density at radius 1 is 1.44 bits per heavy atom. The van der Waals surface area contributed by atoms with Crippen molar-refractivity contribution in [3.8, 4) is 11.8 Å². The van der Waals surface area contributed by atoms with Crippen LogP contribution in [0.2, 0.25) is 0 Å². The number of aromatic nitrogens is 3. The minimum absolute atomic E-state index is 0.188. The predicted octanol–water partition coefficient (Wildman–Crippen LogP) is 0.532. The van der Waals surface area contributed by atoms with E-state index in [1.165, 1.54) is 15.6 Å². The van der Waals surface area contributed by atoms with E-state index in [4.69, 9.17) is 10.00 Å². The average Bonchev–Trinajstić information content (AvgIpc) is 2.71. The minimum Gasteiger partial charge on any atom is -0.490 e. The lowest BCUT2D eigenvalue weighted by molar-refractivity contribution is 0.288. The van der Waals surface area contributed by atoms with Crippen LogP contribution in [0.5, 0.6) is 5.75 Å². The SMILES string of the molecule is Cn1cnn(CCOc2ccccc2C#N)c1=O. The number of nitrogens with zero attached hydrogens (tertiary/aromatic N) is 4. The van der Waals surface area contributed by atoms with Crippen LogP contribution in [0, 0.1) is 11.3 Å². The third-order valence-corrected chi connectivity index (χ3v) is 2.45. The lowest BCUT2D eigenvalue weighted by Crippen LogP contribution is -2.25. The second-order valence-corrected chi connectivity index (χ2v) is 3.70. The monoisotopic (exact) mass is 244 g/mol. The van der Waals surface area contributed by atoms with E-state index in [1.807, 2.05) is 6.07 Å². The summed E-state index contributed by atoms with van der Waals surface area (Å²) in [7, 11) is 1.64. The van der Waals surface area contributed by atoms with Gasteiger partial charge in [0, 0.05) is 7.05 Å². The number of hydrogen-bond acceptors (Lipinski definition) is 4. The topological polar surface area (TPSA) is 72.8 Å². The van der Waals surface area contributed by atoms with Crippen molar-refractivity contribution < 1.29 is 4.74 Å². The van der Waals surface area contributed by atoms with E-state index in [0.717, 1.165) is 0 Å². The molecule has 2 rings (SSSR count). The number of aryl methyl sites for hydroxylation is 1. The molecule has 1 aromatic heterocycles. The first-order valence-electron chi connectivity index (χ1n) is 5.42. The molecule has 2 aromatic rings. The van der Waals surface area contributed by atoms with Gasteiger partial charge in [0.05, 0.1) is 12.1 Å². The maximum atomic E-state index is 11.5. The summed E-state index contributed by atoms with van der Waals surface area (Å²) in [5.74, 6) is 0.518. The van der Waals surface area contributed by atoms with E-state index < -0.39 is 0 Å². The summed E-state index contributed by atoms with van der Waals surface area (Å²) < 4.78 is 8.17. The first kappa shape index (κ1) is 11.9. The third-order valence-electron chi connectivity index (χ3n) is 2.45. The van der Waals surface area contributed by atoms with E-state index in [1.54, 1.807) is 31.3 Å². The van der Waals surface area contributed by atoms with Gasteiger partial charge in [-0.05, 0) is 12.1 Å². The Morgan fingerprint density at radius 3 is 2.89 bits per heavy atom. The lowest BCUT2D eigenvalue weighted by Gasteiger charge is -2.06. The van der Waals surface area contributed by atoms with Gasteiger partial charge in [0.2, 0.25) is 0 Å². The van der Waals surface area contributed by atoms with Gasteiger partial charge in [0.1, 0.15) is 24.8 Å². The Hall–Kier alpha value is -2.55. The minimum atomic E-state index is -0.188. The van der Waals surface area contributed by atoms with Crippen LogP contribution in [0.1, 0.15) is 5.56 Å². The molecule has 0 amide bonds. The highest BCUT2D eigenvalue weighted by atomic mass is 16.5. The smallest absolute Gasteiger partial charge is 0.345 e. The van der Waals surface area contributed by atoms with Crippen molar-refractivity contribution in [3.63, 3.8) is 0 Å². The fraction of sp³-hybridized carbons (Fsp3) is 0.250. The average molecular weight is 244 g/mol. The molecule has 0 aliphatic heterocycles. The first-order chi connectivity index (χ1) is 8.72. The third kappa shape index (κ3) is 2.40. The maximum Gasteiger partial charge on any atom is 0.345 e. The molecule has 0 saturated heterocycles. The Labute approximate surface area is 104 Å². The molecule has 0 bridgehead atoms. The van der Waals surface area contributed by atoms with Crippen molar-refractivity contribution in [1.29, 1.82) is 5.26 Å². The standard InChI is InChI=1S/C12H12N4O2/c1-15-9-14-16(12(15)17)6-7-18-11-5-3-2-4-10(11)8-13/h2-5,9H,6-7H2,1H3.